The molecular weight excluding hydrogens is 190 g/mol. The molecule has 0 saturated heterocycles. The molecule has 0 aromatic rings. The van der Waals surface area contributed by atoms with Crippen LogP contribution in [0.25, 0.3) is 0 Å². The van der Waals surface area contributed by atoms with E-state index in [1.807, 2.05) is 0 Å². The van der Waals surface area contributed by atoms with E-state index in [0.717, 1.165) is 0 Å². The molecule has 0 fully saturated rings. The van der Waals surface area contributed by atoms with Gasteiger partial charge in [0.2, 0.25) is 0 Å². The predicted molar refractivity (Wildman–Crippen MR) is 32.0 cm³/mol. The third-order valence-electron chi connectivity index (χ3n) is 0. The molecule has 9 heteroatoms. The molecule has 0 rings (SSSR count). The zero-order valence-electron chi connectivity index (χ0n) is 4.31. The van der Waals surface area contributed by atoms with Gasteiger partial charge < -0.3 is 57.8 Å². The Morgan fingerprint density at radius 2 is 0.778 bits per heavy atom. The summed E-state index contributed by atoms with van der Waals surface area (Å²) in [6.07, 6.45) is -4.17. The van der Waals surface area contributed by atoms with E-state index in [1.165, 1.54) is 0 Å². The number of rotatable bonds is 0. The first-order chi connectivity index (χ1) is 3.46. The molecular formula is B2CaO4S2-4. The van der Waals surface area contributed by atoms with Crippen molar-refractivity contribution in [1.82, 2.24) is 0 Å². The summed E-state index contributed by atoms with van der Waals surface area (Å²) in [6, 6.07) is 0. The van der Waals surface area contributed by atoms with Crippen LogP contribution in [0.2, 0.25) is 0 Å². The van der Waals surface area contributed by atoms with Crippen LogP contribution in [0.5, 0.6) is 0 Å². The molecule has 0 aliphatic heterocycles. The minimum Gasteiger partial charge on any atom is -0.911 e. The molecule has 0 unspecified atom stereocenters. The summed E-state index contributed by atoms with van der Waals surface area (Å²) in [5, 5.41) is 35.1. The van der Waals surface area contributed by atoms with Crippen molar-refractivity contribution < 1.29 is 20.1 Å². The van der Waals surface area contributed by atoms with Gasteiger partial charge in [-0.25, -0.2) is 0 Å². The van der Waals surface area contributed by atoms with Crippen LogP contribution < -0.4 is 20.1 Å². The first-order valence-electron chi connectivity index (χ1n) is 1.41. The molecule has 0 atom stereocenters. The van der Waals surface area contributed by atoms with Gasteiger partial charge in [-0.1, -0.05) is 0 Å². The minimum atomic E-state index is -2.08. The van der Waals surface area contributed by atoms with Gasteiger partial charge in [-0.2, -0.15) is 0 Å². The maximum absolute atomic E-state index is 8.79. The van der Waals surface area contributed by atoms with Gasteiger partial charge in [0.05, 0.1) is 0 Å². The normalized spacial score (nSPS) is 6.00. The monoisotopic (exact) mass is 190 g/mol. The summed E-state index contributed by atoms with van der Waals surface area (Å²) in [5.41, 5.74) is 0. The minimum absolute atomic E-state index is 0. The summed E-state index contributed by atoms with van der Waals surface area (Å²) in [6.45, 7) is 0. The maximum Gasteiger partial charge on any atom is 2.00 e. The van der Waals surface area contributed by atoms with Crippen LogP contribution in [-0.4, -0.2) is 50.5 Å². The van der Waals surface area contributed by atoms with Crippen molar-refractivity contribution in [2.45, 2.75) is 0 Å². The van der Waals surface area contributed by atoms with Gasteiger partial charge in [-0.3, -0.25) is 0 Å². The van der Waals surface area contributed by atoms with Crippen molar-refractivity contribution in [3.8, 4) is 0 Å². The van der Waals surface area contributed by atoms with E-state index in [2.05, 4.69) is 25.0 Å². The molecule has 9 heavy (non-hydrogen) atoms. The van der Waals surface area contributed by atoms with E-state index in [9.17, 15) is 0 Å². The van der Waals surface area contributed by atoms with Gasteiger partial charge in [-0.05, 0) is 0 Å². The average Bonchev–Trinajstić information content (AvgIpc) is 1.25. The molecule has 48 valence electrons. The van der Waals surface area contributed by atoms with Gasteiger partial charge in [0.25, 0.3) is 0 Å². The van der Waals surface area contributed by atoms with Crippen LogP contribution in [0.1, 0.15) is 0 Å². The van der Waals surface area contributed by atoms with Crippen LogP contribution in [0.4, 0.5) is 0 Å². The Labute approximate surface area is 94.6 Å². The molecule has 0 amide bonds. The Morgan fingerprint density at radius 3 is 0.778 bits per heavy atom. The van der Waals surface area contributed by atoms with Gasteiger partial charge >= 0.3 is 37.7 Å². The van der Waals surface area contributed by atoms with E-state index < -0.39 is 12.8 Å². The molecule has 0 saturated carbocycles. The van der Waals surface area contributed by atoms with Crippen LogP contribution in [0, 0.1) is 0 Å². The van der Waals surface area contributed by atoms with E-state index in [4.69, 9.17) is 20.1 Å². The van der Waals surface area contributed by atoms with Crippen LogP contribution >= 0.6 is 0 Å². The topological polar surface area (TPSA) is 92.2 Å². The quantitative estimate of drug-likeness (QED) is 0.279. The smallest absolute Gasteiger partial charge is 0.911 e. The molecule has 0 N–H and O–H groups in total. The largest absolute Gasteiger partial charge is 2.00 e. The van der Waals surface area contributed by atoms with E-state index in [0.29, 0.717) is 0 Å². The summed E-state index contributed by atoms with van der Waals surface area (Å²) >= 11 is 7.02. The molecule has 0 aliphatic carbocycles. The second-order valence-corrected chi connectivity index (χ2v) is 1.35. The second-order valence-electron chi connectivity index (χ2n) is 0.577. The van der Waals surface area contributed by atoms with Gasteiger partial charge in [0, 0.05) is 0 Å². The molecule has 0 aromatic carbocycles. The third kappa shape index (κ3) is 168. The van der Waals surface area contributed by atoms with Gasteiger partial charge in [-0.15, -0.1) is 0 Å². The first kappa shape index (κ1) is 17.1. The number of hydrogen-bond donors (Lipinski definition) is 0. The second kappa shape index (κ2) is 12.6. The van der Waals surface area contributed by atoms with E-state index in [-0.39, 0.29) is 37.7 Å². The Balaban J connectivity index is -0.0000000720. The summed E-state index contributed by atoms with van der Waals surface area (Å²) in [5.74, 6) is 0. The van der Waals surface area contributed by atoms with Crippen molar-refractivity contribution in [1.29, 1.82) is 0 Å². The fourth-order valence-electron chi connectivity index (χ4n) is 0. The van der Waals surface area contributed by atoms with E-state index >= 15 is 0 Å². The zero-order valence-corrected chi connectivity index (χ0v) is 8.15. The van der Waals surface area contributed by atoms with Gasteiger partial charge in [0.15, 0.2) is 0 Å². The zero-order chi connectivity index (χ0) is 7.15. The predicted octanol–water partition coefficient (Wildman–Crippen LogP) is -5.90. The van der Waals surface area contributed by atoms with Gasteiger partial charge in [0.1, 0.15) is 0 Å². The average molecular weight is 190 g/mol. The van der Waals surface area contributed by atoms with Crippen molar-refractivity contribution >= 4 is 75.5 Å². The summed E-state index contributed by atoms with van der Waals surface area (Å²) in [4.78, 5) is 0. The van der Waals surface area contributed by atoms with Crippen LogP contribution in [0.15, 0.2) is 0 Å². The van der Waals surface area contributed by atoms with Crippen LogP contribution in [-0.2, 0) is 25.0 Å². The first-order valence-corrected chi connectivity index (χ1v) is 2.36. The molecule has 0 radical (unpaired) electrons. The summed E-state index contributed by atoms with van der Waals surface area (Å²) < 4.78 is 0. The molecule has 0 aromatic heterocycles. The molecule has 4 nitrogen and oxygen atoms in total. The fourth-order valence-corrected chi connectivity index (χ4v) is 0. The molecule has 0 bridgehead atoms. The third-order valence-corrected chi connectivity index (χ3v) is 0. The Kier molecular flexibility index (Phi) is 24.0. The fraction of sp³-hybridized carbons (Fsp3) is 0. The summed E-state index contributed by atoms with van der Waals surface area (Å²) in [7, 11) is 0. The standard InChI is InChI=1S/2BO2S.Ca/c2*2-1(3)4;/q2*-3;+2. The molecule has 0 aliphatic rings. The Morgan fingerprint density at radius 1 is 0.778 bits per heavy atom. The molecule has 0 heterocycles. The van der Waals surface area contributed by atoms with Crippen LogP contribution in [0.3, 0.4) is 0 Å². The van der Waals surface area contributed by atoms with E-state index in [1.54, 1.807) is 0 Å². The molecule has 0 spiro atoms. The SMILES string of the molecule is [Ca+2].[O-]B([O-])[S-].[O-]B([O-])[S-]. The van der Waals surface area contributed by atoms with Crippen molar-refractivity contribution in [3.63, 3.8) is 0 Å². The number of hydrogen-bond acceptors (Lipinski definition) is 6. The maximum atomic E-state index is 8.79. The Bertz CT molecular complexity index is 32.0. The Hall–Kier alpha value is 1.93. The van der Waals surface area contributed by atoms with Crippen molar-refractivity contribution in [3.05, 3.63) is 0 Å². The van der Waals surface area contributed by atoms with Crippen molar-refractivity contribution in [2.75, 3.05) is 0 Å². The van der Waals surface area contributed by atoms with Crippen molar-refractivity contribution in [2.24, 2.45) is 0 Å².